The van der Waals surface area contributed by atoms with Crippen LogP contribution in [0.4, 0.5) is 5.13 Å². The number of pyridine rings is 1. The number of fused-ring (bicyclic) bond motifs is 1. The number of aromatic nitrogens is 5. The Morgan fingerprint density at radius 2 is 1.68 bits per heavy atom. The lowest BCUT2D eigenvalue weighted by atomic mass is 10.0. The lowest BCUT2D eigenvalue weighted by Crippen LogP contribution is -2.14. The van der Waals surface area contributed by atoms with Gasteiger partial charge in [0.05, 0.1) is 22.7 Å². The first-order valence-corrected chi connectivity index (χ1v) is 15.2. The second-order valence-electron chi connectivity index (χ2n) is 9.66. The summed E-state index contributed by atoms with van der Waals surface area (Å²) >= 11 is 2.79. The number of benzene rings is 3. The Morgan fingerprint density at radius 1 is 0.878 bits per heavy atom. The number of hydrogen-bond donors (Lipinski definition) is 1. The summed E-state index contributed by atoms with van der Waals surface area (Å²) in [5.74, 6) is 0.816. The third-order valence-electron chi connectivity index (χ3n) is 6.95. The van der Waals surface area contributed by atoms with Gasteiger partial charge in [-0.1, -0.05) is 72.4 Å². The lowest BCUT2D eigenvalue weighted by molar-refractivity contribution is -0.113. The highest BCUT2D eigenvalue weighted by atomic mass is 32.2. The predicted octanol–water partition coefficient (Wildman–Crippen LogP) is 7.65. The van der Waals surface area contributed by atoms with Crippen molar-refractivity contribution in [3.8, 4) is 33.9 Å². The zero-order chi connectivity index (χ0) is 28.3. The Morgan fingerprint density at radius 3 is 2.49 bits per heavy atom. The number of thioether (sulfide) groups is 1. The van der Waals surface area contributed by atoms with Crippen LogP contribution in [0.5, 0.6) is 0 Å². The van der Waals surface area contributed by atoms with E-state index in [1.807, 2.05) is 41.8 Å². The van der Waals surface area contributed by atoms with Gasteiger partial charge in [0.1, 0.15) is 0 Å². The fourth-order valence-corrected chi connectivity index (χ4v) is 6.19. The molecule has 0 atom stereocenters. The van der Waals surface area contributed by atoms with Crippen molar-refractivity contribution in [3.63, 3.8) is 0 Å². The molecule has 6 rings (SSSR count). The number of para-hydroxylation sites is 1. The SMILES string of the molecule is CCn1c(SCC(=O)Nc2nc(-c3ccc(C)c(C)c3)cs2)nnc1-c1cc(-c2ccccc2)nc2ccccc12. The Hall–Kier alpha value is -4.34. The van der Waals surface area contributed by atoms with Crippen molar-refractivity contribution in [1.29, 1.82) is 0 Å². The van der Waals surface area contributed by atoms with E-state index in [4.69, 9.17) is 4.98 Å². The molecule has 0 aliphatic carbocycles. The van der Waals surface area contributed by atoms with Gasteiger partial charge in [0.25, 0.3) is 0 Å². The topological polar surface area (TPSA) is 85.6 Å². The van der Waals surface area contributed by atoms with Crippen molar-refractivity contribution in [3.05, 3.63) is 95.4 Å². The van der Waals surface area contributed by atoms with E-state index in [1.54, 1.807) is 0 Å². The Bertz CT molecular complexity index is 1860. The minimum absolute atomic E-state index is 0.135. The quantitative estimate of drug-likeness (QED) is 0.187. The highest BCUT2D eigenvalue weighted by Gasteiger charge is 2.19. The minimum atomic E-state index is -0.135. The Balaban J connectivity index is 1.21. The van der Waals surface area contributed by atoms with Crippen molar-refractivity contribution >= 4 is 45.0 Å². The molecule has 204 valence electrons. The van der Waals surface area contributed by atoms with E-state index < -0.39 is 0 Å². The van der Waals surface area contributed by atoms with Crippen molar-refractivity contribution in [2.45, 2.75) is 32.5 Å². The summed E-state index contributed by atoms with van der Waals surface area (Å²) in [6, 6.07) is 26.5. The molecule has 9 heteroatoms. The van der Waals surface area contributed by atoms with Gasteiger partial charge in [-0.05, 0) is 50.1 Å². The van der Waals surface area contributed by atoms with Crippen LogP contribution in [0.25, 0.3) is 44.8 Å². The second-order valence-corrected chi connectivity index (χ2v) is 11.5. The first kappa shape index (κ1) is 26.9. The molecule has 0 aliphatic rings. The van der Waals surface area contributed by atoms with Crippen molar-refractivity contribution in [1.82, 2.24) is 24.7 Å². The molecule has 0 bridgehead atoms. The summed E-state index contributed by atoms with van der Waals surface area (Å²) in [6.45, 7) is 6.90. The van der Waals surface area contributed by atoms with Gasteiger partial charge < -0.3 is 9.88 Å². The molecule has 0 radical (unpaired) electrons. The molecule has 7 nitrogen and oxygen atoms in total. The van der Waals surface area contributed by atoms with Crippen LogP contribution in [-0.2, 0) is 11.3 Å². The smallest absolute Gasteiger partial charge is 0.236 e. The molecule has 6 aromatic rings. The van der Waals surface area contributed by atoms with E-state index in [2.05, 4.69) is 88.3 Å². The van der Waals surface area contributed by atoms with E-state index in [0.717, 1.165) is 44.8 Å². The molecule has 0 unspecified atom stereocenters. The molecule has 0 spiro atoms. The number of anilines is 1. The largest absolute Gasteiger partial charge is 0.302 e. The number of carbonyl (C=O) groups excluding carboxylic acids is 1. The van der Waals surface area contributed by atoms with Crippen LogP contribution in [0, 0.1) is 13.8 Å². The lowest BCUT2D eigenvalue weighted by Gasteiger charge is -2.11. The number of nitrogens with one attached hydrogen (secondary N) is 1. The zero-order valence-electron chi connectivity index (χ0n) is 23.0. The Kier molecular flexibility index (Phi) is 7.63. The summed E-state index contributed by atoms with van der Waals surface area (Å²) in [4.78, 5) is 22.4. The average Bonchev–Trinajstić information content (AvgIpc) is 3.64. The van der Waals surface area contributed by atoms with Crippen molar-refractivity contribution < 1.29 is 4.79 Å². The molecular formula is C32H28N6OS2. The third kappa shape index (κ3) is 5.64. The van der Waals surface area contributed by atoms with Crippen LogP contribution in [0.1, 0.15) is 18.1 Å². The van der Waals surface area contributed by atoms with Gasteiger partial charge in [0.15, 0.2) is 16.1 Å². The summed E-state index contributed by atoms with van der Waals surface area (Å²) in [5.41, 5.74) is 8.13. The number of amides is 1. The van der Waals surface area contributed by atoms with Crippen LogP contribution >= 0.6 is 23.1 Å². The average molecular weight is 577 g/mol. The zero-order valence-corrected chi connectivity index (χ0v) is 24.6. The van der Waals surface area contributed by atoms with Crippen LogP contribution in [0.2, 0.25) is 0 Å². The maximum Gasteiger partial charge on any atom is 0.236 e. The molecule has 1 amide bonds. The van der Waals surface area contributed by atoms with Gasteiger partial charge in [-0.25, -0.2) is 9.97 Å². The monoisotopic (exact) mass is 576 g/mol. The highest BCUT2D eigenvalue weighted by Crippen LogP contribution is 2.33. The molecule has 3 heterocycles. The third-order valence-corrected chi connectivity index (χ3v) is 8.67. The van der Waals surface area contributed by atoms with Crippen molar-refractivity contribution in [2.24, 2.45) is 0 Å². The van der Waals surface area contributed by atoms with E-state index in [1.165, 1.54) is 34.2 Å². The van der Waals surface area contributed by atoms with Crippen LogP contribution in [0.15, 0.2) is 89.4 Å². The van der Waals surface area contributed by atoms with E-state index in [9.17, 15) is 4.79 Å². The van der Waals surface area contributed by atoms with Gasteiger partial charge >= 0.3 is 0 Å². The predicted molar refractivity (Wildman–Crippen MR) is 168 cm³/mol. The van der Waals surface area contributed by atoms with Gasteiger partial charge in [-0.3, -0.25) is 4.79 Å². The van der Waals surface area contributed by atoms with Gasteiger partial charge in [0.2, 0.25) is 5.91 Å². The van der Waals surface area contributed by atoms with E-state index >= 15 is 0 Å². The standard InChI is InChI=1S/C32H28N6OS2/c1-4-38-30(25-17-27(22-10-6-5-7-11-22)33-26-13-9-8-12-24(25)26)36-37-32(38)41-19-29(39)35-31-34-28(18-40-31)23-15-14-20(2)21(3)16-23/h5-18H,4,19H2,1-3H3,(H,34,35,39). The highest BCUT2D eigenvalue weighted by molar-refractivity contribution is 7.99. The molecular weight excluding hydrogens is 549 g/mol. The first-order valence-electron chi connectivity index (χ1n) is 13.3. The van der Waals surface area contributed by atoms with Gasteiger partial charge in [-0.15, -0.1) is 21.5 Å². The van der Waals surface area contributed by atoms with Gasteiger partial charge in [-0.2, -0.15) is 0 Å². The normalized spacial score (nSPS) is 11.2. The van der Waals surface area contributed by atoms with E-state index in [-0.39, 0.29) is 11.7 Å². The van der Waals surface area contributed by atoms with Gasteiger partial charge in [0, 0.05) is 34.0 Å². The fraction of sp³-hybridized carbons (Fsp3) is 0.156. The number of carbonyl (C=O) groups is 1. The summed E-state index contributed by atoms with van der Waals surface area (Å²) in [6.07, 6.45) is 0. The Labute approximate surface area is 246 Å². The molecule has 0 saturated heterocycles. The number of hydrogen-bond acceptors (Lipinski definition) is 7. The molecule has 0 fully saturated rings. The molecule has 0 saturated carbocycles. The second kappa shape index (κ2) is 11.6. The van der Waals surface area contributed by atoms with E-state index in [0.29, 0.717) is 16.8 Å². The number of rotatable bonds is 8. The molecule has 0 aliphatic heterocycles. The summed E-state index contributed by atoms with van der Waals surface area (Å²) in [7, 11) is 0. The summed E-state index contributed by atoms with van der Waals surface area (Å²) in [5, 5.41) is 16.2. The number of aryl methyl sites for hydroxylation is 2. The molecule has 3 aromatic heterocycles. The van der Waals surface area contributed by atoms with Crippen LogP contribution < -0.4 is 5.32 Å². The van der Waals surface area contributed by atoms with Crippen LogP contribution in [0.3, 0.4) is 0 Å². The number of nitrogens with zero attached hydrogens (tertiary/aromatic N) is 5. The summed E-state index contributed by atoms with van der Waals surface area (Å²) < 4.78 is 2.05. The maximum atomic E-state index is 12.9. The molecule has 41 heavy (non-hydrogen) atoms. The van der Waals surface area contributed by atoms with Crippen LogP contribution in [-0.4, -0.2) is 36.4 Å². The van der Waals surface area contributed by atoms with Crippen molar-refractivity contribution in [2.75, 3.05) is 11.1 Å². The molecule has 1 N–H and O–H groups in total. The fourth-order valence-electron chi connectivity index (χ4n) is 4.65. The minimum Gasteiger partial charge on any atom is -0.302 e. The number of thiazole rings is 1. The maximum absolute atomic E-state index is 12.9. The molecule has 3 aromatic carbocycles. The first-order chi connectivity index (χ1) is 20.0.